The average molecular weight is 471 g/mol. The molecule has 2 aromatic carbocycles. The van der Waals surface area contributed by atoms with Gasteiger partial charge in [0.2, 0.25) is 21.8 Å². The summed E-state index contributed by atoms with van der Waals surface area (Å²) in [5.74, 6) is 0.765. The van der Waals surface area contributed by atoms with Gasteiger partial charge in [-0.15, -0.1) is 10.2 Å². The number of tetrazole rings is 1. The predicted octanol–water partition coefficient (Wildman–Crippen LogP) is 2.55. The summed E-state index contributed by atoms with van der Waals surface area (Å²) in [6.07, 6.45) is 3.87. The highest BCUT2D eigenvalue weighted by molar-refractivity contribution is 7.89. The smallest absolute Gasteiger partial charge is 0.248 e. The van der Waals surface area contributed by atoms with Crippen LogP contribution in [0.1, 0.15) is 25.7 Å². The zero-order valence-corrected chi connectivity index (χ0v) is 19.2. The van der Waals surface area contributed by atoms with Gasteiger partial charge in [0.15, 0.2) is 0 Å². The standard InChI is InChI=1S/C22H26N6O4S/c1-32-19-10-6-17(7-11-19)22-24-26-28(25-22)16-21(29)23-18-8-12-20(13-9-18)33(30,31)27-14-4-2-3-5-15-27/h6-13H,2-5,14-16H2,1H3,(H,23,29). The van der Waals surface area contributed by atoms with E-state index in [-0.39, 0.29) is 17.3 Å². The first-order chi connectivity index (χ1) is 16.0. The molecular weight excluding hydrogens is 444 g/mol. The lowest BCUT2D eigenvalue weighted by atomic mass is 10.2. The number of sulfonamides is 1. The Bertz CT molecular complexity index is 1180. The third kappa shape index (κ3) is 5.55. The Morgan fingerprint density at radius 2 is 1.67 bits per heavy atom. The molecule has 1 amide bonds. The number of methoxy groups -OCH3 is 1. The van der Waals surface area contributed by atoms with Crippen LogP contribution in [0.15, 0.2) is 53.4 Å². The largest absolute Gasteiger partial charge is 0.497 e. The van der Waals surface area contributed by atoms with Gasteiger partial charge in [-0.1, -0.05) is 12.8 Å². The van der Waals surface area contributed by atoms with Gasteiger partial charge >= 0.3 is 0 Å². The number of hydrogen-bond acceptors (Lipinski definition) is 7. The summed E-state index contributed by atoms with van der Waals surface area (Å²) in [5.41, 5.74) is 1.24. The van der Waals surface area contributed by atoms with Crippen LogP contribution in [0.3, 0.4) is 0 Å². The van der Waals surface area contributed by atoms with Gasteiger partial charge in [-0.05, 0) is 66.6 Å². The van der Waals surface area contributed by atoms with Crippen LogP contribution < -0.4 is 10.1 Å². The van der Waals surface area contributed by atoms with Crippen LogP contribution in [-0.4, -0.2) is 59.0 Å². The molecule has 0 unspecified atom stereocenters. The first-order valence-electron chi connectivity index (χ1n) is 10.8. The summed E-state index contributed by atoms with van der Waals surface area (Å²) in [4.78, 5) is 13.8. The van der Waals surface area contributed by atoms with Crippen LogP contribution in [0.5, 0.6) is 5.75 Å². The zero-order chi connectivity index (χ0) is 23.3. The molecule has 0 spiro atoms. The van der Waals surface area contributed by atoms with E-state index in [0.717, 1.165) is 37.0 Å². The number of carbonyl (C=O) groups excluding carboxylic acids is 1. The van der Waals surface area contributed by atoms with Crippen LogP contribution in [-0.2, 0) is 21.4 Å². The molecule has 2 heterocycles. The number of carbonyl (C=O) groups is 1. The molecule has 1 saturated heterocycles. The van der Waals surface area contributed by atoms with E-state index in [4.69, 9.17) is 4.74 Å². The fourth-order valence-corrected chi connectivity index (χ4v) is 5.15. The highest BCUT2D eigenvalue weighted by Crippen LogP contribution is 2.22. The molecule has 0 radical (unpaired) electrons. The maximum atomic E-state index is 12.9. The number of ether oxygens (including phenoxy) is 1. The van der Waals surface area contributed by atoms with Gasteiger partial charge in [0.05, 0.1) is 12.0 Å². The Morgan fingerprint density at radius 1 is 1.00 bits per heavy atom. The highest BCUT2D eigenvalue weighted by Gasteiger charge is 2.25. The minimum atomic E-state index is -3.53. The molecule has 1 aliphatic heterocycles. The lowest BCUT2D eigenvalue weighted by Crippen LogP contribution is -2.31. The third-order valence-electron chi connectivity index (χ3n) is 5.43. The molecule has 3 aromatic rings. The van der Waals surface area contributed by atoms with Crippen molar-refractivity contribution in [3.8, 4) is 17.1 Å². The predicted molar refractivity (Wildman–Crippen MR) is 122 cm³/mol. The molecule has 0 bridgehead atoms. The van der Waals surface area contributed by atoms with E-state index < -0.39 is 10.0 Å². The number of benzene rings is 2. The van der Waals surface area contributed by atoms with Crippen molar-refractivity contribution in [2.45, 2.75) is 37.1 Å². The Balaban J connectivity index is 1.36. The maximum absolute atomic E-state index is 12.9. The van der Waals surface area contributed by atoms with Crippen molar-refractivity contribution in [1.29, 1.82) is 0 Å². The van der Waals surface area contributed by atoms with Gasteiger partial charge in [0.1, 0.15) is 12.3 Å². The van der Waals surface area contributed by atoms with E-state index in [9.17, 15) is 13.2 Å². The molecular formula is C22H26N6O4S. The molecule has 0 saturated carbocycles. The monoisotopic (exact) mass is 470 g/mol. The number of nitrogens with one attached hydrogen (secondary N) is 1. The lowest BCUT2D eigenvalue weighted by Gasteiger charge is -2.20. The van der Waals surface area contributed by atoms with Crippen LogP contribution in [0.2, 0.25) is 0 Å². The van der Waals surface area contributed by atoms with Gasteiger partial charge < -0.3 is 10.1 Å². The molecule has 174 valence electrons. The number of hydrogen-bond donors (Lipinski definition) is 1. The van der Waals surface area contributed by atoms with Gasteiger partial charge in [-0.3, -0.25) is 4.79 Å². The van der Waals surface area contributed by atoms with Gasteiger partial charge in [-0.2, -0.15) is 9.10 Å². The van der Waals surface area contributed by atoms with Crippen molar-refractivity contribution in [2.75, 3.05) is 25.5 Å². The summed E-state index contributed by atoms with van der Waals surface area (Å²) >= 11 is 0. The van der Waals surface area contributed by atoms with Crippen LogP contribution in [0.4, 0.5) is 5.69 Å². The van der Waals surface area contributed by atoms with E-state index in [1.54, 1.807) is 35.7 Å². The molecule has 1 fully saturated rings. The second-order valence-corrected chi connectivity index (χ2v) is 9.70. The normalized spacial score (nSPS) is 15.1. The maximum Gasteiger partial charge on any atom is 0.248 e. The molecule has 4 rings (SSSR count). The van der Waals surface area contributed by atoms with Gasteiger partial charge in [0.25, 0.3) is 0 Å². The third-order valence-corrected chi connectivity index (χ3v) is 7.34. The first-order valence-corrected chi connectivity index (χ1v) is 12.2. The van der Waals surface area contributed by atoms with Crippen LogP contribution >= 0.6 is 0 Å². The van der Waals surface area contributed by atoms with Crippen molar-refractivity contribution in [1.82, 2.24) is 24.5 Å². The Kier molecular flexibility index (Phi) is 6.99. The number of anilines is 1. The molecule has 33 heavy (non-hydrogen) atoms. The Hall–Kier alpha value is -3.31. The second kappa shape index (κ2) is 10.1. The molecule has 1 aromatic heterocycles. The fraction of sp³-hybridized carbons (Fsp3) is 0.364. The number of rotatable bonds is 7. The van der Waals surface area contributed by atoms with Gasteiger partial charge in [-0.25, -0.2) is 8.42 Å². The summed E-state index contributed by atoms with van der Waals surface area (Å²) < 4.78 is 32.4. The summed E-state index contributed by atoms with van der Waals surface area (Å²) in [6, 6.07) is 13.4. The Morgan fingerprint density at radius 3 is 2.30 bits per heavy atom. The Labute approximate surface area is 192 Å². The minimum absolute atomic E-state index is 0.128. The van der Waals surface area contributed by atoms with E-state index in [2.05, 4.69) is 20.7 Å². The number of aromatic nitrogens is 4. The molecule has 1 aliphatic rings. The summed E-state index contributed by atoms with van der Waals surface area (Å²) in [5, 5.41) is 14.9. The quantitative estimate of drug-likeness (QED) is 0.563. The van der Waals surface area contributed by atoms with E-state index >= 15 is 0 Å². The van der Waals surface area contributed by atoms with E-state index in [0.29, 0.717) is 24.6 Å². The van der Waals surface area contributed by atoms with Crippen molar-refractivity contribution in [3.05, 3.63) is 48.5 Å². The molecule has 1 N–H and O–H groups in total. The van der Waals surface area contributed by atoms with Crippen molar-refractivity contribution in [3.63, 3.8) is 0 Å². The number of amides is 1. The van der Waals surface area contributed by atoms with Crippen molar-refractivity contribution >= 4 is 21.6 Å². The topological polar surface area (TPSA) is 119 Å². The number of nitrogens with zero attached hydrogens (tertiary/aromatic N) is 5. The average Bonchev–Trinajstić information content (AvgIpc) is 3.10. The molecule has 0 aliphatic carbocycles. The van der Waals surface area contributed by atoms with Crippen LogP contribution in [0, 0.1) is 0 Å². The fourth-order valence-electron chi connectivity index (χ4n) is 3.64. The van der Waals surface area contributed by atoms with Crippen molar-refractivity contribution < 1.29 is 17.9 Å². The second-order valence-electron chi connectivity index (χ2n) is 7.76. The lowest BCUT2D eigenvalue weighted by molar-refractivity contribution is -0.117. The molecule has 0 atom stereocenters. The SMILES string of the molecule is COc1ccc(-c2nnn(CC(=O)Nc3ccc(S(=O)(=O)N4CCCCCC4)cc3)n2)cc1. The van der Waals surface area contributed by atoms with E-state index in [1.807, 2.05) is 12.1 Å². The van der Waals surface area contributed by atoms with Crippen LogP contribution in [0.25, 0.3) is 11.4 Å². The highest BCUT2D eigenvalue weighted by atomic mass is 32.2. The van der Waals surface area contributed by atoms with Crippen molar-refractivity contribution in [2.24, 2.45) is 0 Å². The first kappa shape index (κ1) is 22.9. The zero-order valence-electron chi connectivity index (χ0n) is 18.3. The molecule has 11 heteroatoms. The van der Waals surface area contributed by atoms with Gasteiger partial charge in [0, 0.05) is 24.3 Å². The molecule has 10 nitrogen and oxygen atoms in total. The minimum Gasteiger partial charge on any atom is -0.497 e. The van der Waals surface area contributed by atoms with E-state index in [1.165, 1.54) is 16.9 Å². The summed E-state index contributed by atoms with van der Waals surface area (Å²) in [6.45, 7) is 0.964. The summed E-state index contributed by atoms with van der Waals surface area (Å²) in [7, 11) is -1.94.